The first kappa shape index (κ1) is 20.0. The minimum absolute atomic E-state index is 0.0731. The molecule has 2 unspecified atom stereocenters. The second kappa shape index (κ2) is 7.51. The molecule has 0 heterocycles. The number of hydrogen-bond acceptors (Lipinski definition) is 1. The number of allylic oxidation sites excluding steroid dienone is 1. The summed E-state index contributed by atoms with van der Waals surface area (Å²) >= 11 is 0. The van der Waals surface area contributed by atoms with E-state index in [1.807, 2.05) is 0 Å². The van der Waals surface area contributed by atoms with E-state index in [4.69, 9.17) is 0 Å². The molecule has 1 nitrogen and oxygen atoms in total. The minimum atomic E-state index is -0.0731. The highest BCUT2D eigenvalue weighted by molar-refractivity contribution is 5.25. The summed E-state index contributed by atoms with van der Waals surface area (Å²) in [7, 11) is 0. The fraction of sp³-hybridized carbons (Fsp3) is 0.923. The van der Waals surface area contributed by atoms with Crippen LogP contribution in [-0.2, 0) is 0 Å². The van der Waals surface area contributed by atoms with Crippen LogP contribution in [0.4, 0.5) is 0 Å². The van der Waals surface area contributed by atoms with Gasteiger partial charge in [-0.3, -0.25) is 0 Å². The number of aliphatic hydroxyl groups excluding tert-OH is 1. The van der Waals surface area contributed by atoms with E-state index in [1.54, 1.807) is 5.57 Å². The fourth-order valence-electron chi connectivity index (χ4n) is 8.14. The Kier molecular flexibility index (Phi) is 5.56. The molecule has 0 saturated heterocycles. The lowest BCUT2D eigenvalue weighted by molar-refractivity contribution is -0.0509. The summed E-state index contributed by atoms with van der Waals surface area (Å²) in [6, 6.07) is 0. The van der Waals surface area contributed by atoms with Crippen LogP contribution in [0.2, 0.25) is 0 Å². The van der Waals surface area contributed by atoms with E-state index in [1.165, 1.54) is 64.2 Å². The smallest absolute Gasteiger partial charge is 0.0577 e. The van der Waals surface area contributed by atoms with Gasteiger partial charge in [0.25, 0.3) is 0 Å². The Labute approximate surface area is 168 Å². The van der Waals surface area contributed by atoms with E-state index in [0.717, 1.165) is 42.4 Å². The van der Waals surface area contributed by atoms with E-state index in [9.17, 15) is 5.11 Å². The molecule has 1 N–H and O–H groups in total. The summed E-state index contributed by atoms with van der Waals surface area (Å²) in [6.45, 7) is 10.0. The van der Waals surface area contributed by atoms with E-state index in [-0.39, 0.29) is 6.10 Å². The molecule has 4 rings (SSSR count). The lowest BCUT2D eigenvalue weighted by Gasteiger charge is -2.58. The van der Waals surface area contributed by atoms with Crippen LogP contribution >= 0.6 is 0 Å². The normalized spacial score (nSPS) is 47.6. The standard InChI is InChI=1S/C26H44O/c1-5-18(2)7-6-8-19-10-12-23-22-11-9-20-17-21(27)13-15-26(20,4)24(22)14-16-25(19,23)3/h9,18-19,21-24,27H,5-8,10-17H2,1-4H3/t18-,19-,21-,22-,23?,24?,25+,26-/m0/s1. The summed E-state index contributed by atoms with van der Waals surface area (Å²) in [6.07, 6.45) is 18.7. The first-order valence-corrected chi connectivity index (χ1v) is 12.3. The summed E-state index contributed by atoms with van der Waals surface area (Å²) in [5, 5.41) is 10.2. The van der Waals surface area contributed by atoms with Crippen molar-refractivity contribution in [2.75, 3.05) is 0 Å². The second-order valence-corrected chi connectivity index (χ2v) is 11.4. The van der Waals surface area contributed by atoms with Gasteiger partial charge >= 0.3 is 0 Å². The monoisotopic (exact) mass is 372 g/mol. The first-order chi connectivity index (χ1) is 12.9. The summed E-state index contributed by atoms with van der Waals surface area (Å²) in [5.41, 5.74) is 2.64. The molecule has 4 aliphatic rings. The van der Waals surface area contributed by atoms with Gasteiger partial charge in [0, 0.05) is 0 Å². The average molecular weight is 373 g/mol. The van der Waals surface area contributed by atoms with Crippen molar-refractivity contribution in [1.82, 2.24) is 0 Å². The van der Waals surface area contributed by atoms with Crippen molar-refractivity contribution in [3.63, 3.8) is 0 Å². The van der Waals surface area contributed by atoms with Gasteiger partial charge in [0.1, 0.15) is 0 Å². The van der Waals surface area contributed by atoms with Gasteiger partial charge in [0.2, 0.25) is 0 Å². The minimum Gasteiger partial charge on any atom is -0.393 e. The Balaban J connectivity index is 1.47. The van der Waals surface area contributed by atoms with Crippen LogP contribution in [0.3, 0.4) is 0 Å². The van der Waals surface area contributed by atoms with Gasteiger partial charge in [-0.25, -0.2) is 0 Å². The molecule has 1 heteroatoms. The van der Waals surface area contributed by atoms with Gasteiger partial charge in [-0.15, -0.1) is 0 Å². The molecule has 3 fully saturated rings. The zero-order valence-electron chi connectivity index (χ0n) is 18.5. The molecule has 0 bridgehead atoms. The molecular weight excluding hydrogens is 328 g/mol. The predicted octanol–water partition coefficient (Wildman–Crippen LogP) is 7.14. The Hall–Kier alpha value is -0.300. The first-order valence-electron chi connectivity index (χ1n) is 12.3. The lowest BCUT2D eigenvalue weighted by Crippen LogP contribution is -2.50. The maximum Gasteiger partial charge on any atom is 0.0577 e. The van der Waals surface area contributed by atoms with Crippen molar-refractivity contribution >= 4 is 0 Å². The molecule has 0 radical (unpaired) electrons. The molecule has 0 amide bonds. The molecule has 0 aromatic carbocycles. The Morgan fingerprint density at radius 3 is 2.70 bits per heavy atom. The SMILES string of the molecule is CC[C@H](C)CCC[C@H]1CCC2[C@@H]3CC=C4C[C@@H](O)CC[C@]4(C)C3CC[C@@]21C. The van der Waals surface area contributed by atoms with Crippen LogP contribution in [0.5, 0.6) is 0 Å². The van der Waals surface area contributed by atoms with E-state index in [0.29, 0.717) is 10.8 Å². The number of rotatable bonds is 5. The Morgan fingerprint density at radius 1 is 1.11 bits per heavy atom. The Morgan fingerprint density at radius 2 is 1.93 bits per heavy atom. The van der Waals surface area contributed by atoms with Crippen molar-refractivity contribution < 1.29 is 5.11 Å². The molecule has 0 spiro atoms. The van der Waals surface area contributed by atoms with Crippen LogP contribution in [0.15, 0.2) is 11.6 Å². The predicted molar refractivity (Wildman–Crippen MR) is 115 cm³/mol. The lowest BCUT2D eigenvalue weighted by atomic mass is 9.47. The second-order valence-electron chi connectivity index (χ2n) is 11.4. The Bertz CT molecular complexity index is 565. The topological polar surface area (TPSA) is 20.2 Å². The fourth-order valence-corrected chi connectivity index (χ4v) is 8.14. The molecule has 0 aromatic rings. The van der Waals surface area contributed by atoms with Gasteiger partial charge in [-0.05, 0) is 98.2 Å². The average Bonchev–Trinajstić information content (AvgIpc) is 2.99. The van der Waals surface area contributed by atoms with Gasteiger partial charge in [0.05, 0.1) is 6.10 Å². The van der Waals surface area contributed by atoms with Crippen molar-refractivity contribution in [3.05, 3.63) is 11.6 Å². The van der Waals surface area contributed by atoms with Crippen molar-refractivity contribution in [3.8, 4) is 0 Å². The van der Waals surface area contributed by atoms with Crippen molar-refractivity contribution in [2.24, 2.45) is 40.4 Å². The van der Waals surface area contributed by atoms with E-state index in [2.05, 4.69) is 33.8 Å². The zero-order valence-corrected chi connectivity index (χ0v) is 18.5. The van der Waals surface area contributed by atoms with Crippen molar-refractivity contribution in [2.45, 2.75) is 111 Å². The summed E-state index contributed by atoms with van der Waals surface area (Å²) < 4.78 is 0. The van der Waals surface area contributed by atoms with Gasteiger partial charge in [0.15, 0.2) is 0 Å². The van der Waals surface area contributed by atoms with E-state index >= 15 is 0 Å². The van der Waals surface area contributed by atoms with Crippen LogP contribution in [0.1, 0.15) is 105 Å². The molecule has 154 valence electrons. The molecular formula is C26H44O. The van der Waals surface area contributed by atoms with Crippen LogP contribution in [-0.4, -0.2) is 11.2 Å². The summed E-state index contributed by atoms with van der Waals surface area (Å²) in [5.74, 6) is 4.67. The summed E-state index contributed by atoms with van der Waals surface area (Å²) in [4.78, 5) is 0. The van der Waals surface area contributed by atoms with Crippen molar-refractivity contribution in [1.29, 1.82) is 0 Å². The van der Waals surface area contributed by atoms with E-state index < -0.39 is 0 Å². The van der Waals surface area contributed by atoms with Crippen LogP contribution in [0.25, 0.3) is 0 Å². The largest absolute Gasteiger partial charge is 0.393 e. The maximum atomic E-state index is 10.2. The maximum absolute atomic E-state index is 10.2. The number of aliphatic hydroxyl groups is 1. The van der Waals surface area contributed by atoms with Gasteiger partial charge < -0.3 is 5.11 Å². The molecule has 0 aliphatic heterocycles. The van der Waals surface area contributed by atoms with Gasteiger partial charge in [-0.1, -0.05) is 58.6 Å². The zero-order chi connectivity index (χ0) is 19.2. The molecule has 0 aromatic heterocycles. The highest BCUT2D eigenvalue weighted by Crippen LogP contribution is 2.66. The highest BCUT2D eigenvalue weighted by atomic mass is 16.3. The molecule has 3 saturated carbocycles. The third-order valence-corrected chi connectivity index (χ3v) is 10.2. The quantitative estimate of drug-likeness (QED) is 0.508. The van der Waals surface area contributed by atoms with Crippen LogP contribution < -0.4 is 0 Å². The van der Waals surface area contributed by atoms with Gasteiger partial charge in [-0.2, -0.15) is 0 Å². The number of hydrogen-bond donors (Lipinski definition) is 1. The molecule has 4 aliphatic carbocycles. The molecule has 27 heavy (non-hydrogen) atoms. The third-order valence-electron chi connectivity index (χ3n) is 10.2. The number of fused-ring (bicyclic) bond motifs is 5. The highest BCUT2D eigenvalue weighted by Gasteiger charge is 2.58. The molecule has 8 atom stereocenters. The third kappa shape index (κ3) is 3.34. The van der Waals surface area contributed by atoms with Crippen LogP contribution in [0, 0.1) is 40.4 Å².